The number of carbonyl (C=O) groups excluding carboxylic acids is 1. The molecule has 8 heteroatoms. The van der Waals surface area contributed by atoms with Crippen LogP contribution in [0, 0.1) is 0 Å². The first-order valence-electron chi connectivity index (χ1n) is 8.44. The number of nitrogens with one attached hydrogen (secondary N) is 1. The Balaban J connectivity index is 2.12. The molecule has 0 saturated heterocycles. The first kappa shape index (κ1) is 21.0. The van der Waals surface area contributed by atoms with E-state index in [0.29, 0.717) is 5.75 Å². The SMILES string of the molecule is COc1cccc(COC(C)C(=O)Nc2cc(C(=O)O)cc(OC)c2OC)c1. The number of methoxy groups -OCH3 is 3. The summed E-state index contributed by atoms with van der Waals surface area (Å²) < 4.78 is 21.2. The Labute approximate surface area is 163 Å². The van der Waals surface area contributed by atoms with E-state index >= 15 is 0 Å². The summed E-state index contributed by atoms with van der Waals surface area (Å²) in [7, 11) is 4.36. The van der Waals surface area contributed by atoms with Crippen LogP contribution >= 0.6 is 0 Å². The number of rotatable bonds is 9. The molecule has 0 saturated carbocycles. The quantitative estimate of drug-likeness (QED) is 0.679. The second-order valence-electron chi connectivity index (χ2n) is 5.86. The fourth-order valence-electron chi connectivity index (χ4n) is 2.47. The van der Waals surface area contributed by atoms with Crippen molar-refractivity contribution < 1.29 is 33.6 Å². The Bertz CT molecular complexity index is 850. The van der Waals surface area contributed by atoms with E-state index in [2.05, 4.69) is 5.32 Å². The lowest BCUT2D eigenvalue weighted by Gasteiger charge is -2.17. The number of aromatic carboxylic acids is 1. The predicted molar refractivity (Wildman–Crippen MR) is 102 cm³/mol. The number of amides is 1. The lowest BCUT2D eigenvalue weighted by atomic mass is 10.1. The maximum absolute atomic E-state index is 12.5. The second-order valence-corrected chi connectivity index (χ2v) is 5.86. The smallest absolute Gasteiger partial charge is 0.335 e. The first-order chi connectivity index (χ1) is 13.4. The molecular weight excluding hydrogens is 366 g/mol. The maximum atomic E-state index is 12.5. The van der Waals surface area contributed by atoms with E-state index in [-0.39, 0.29) is 29.4 Å². The summed E-state index contributed by atoms with van der Waals surface area (Å²) in [4.78, 5) is 23.8. The molecule has 2 aromatic rings. The lowest BCUT2D eigenvalue weighted by Crippen LogP contribution is -2.28. The second kappa shape index (κ2) is 9.61. The molecular formula is C20H23NO7. The number of carboxylic acids is 1. The fourth-order valence-corrected chi connectivity index (χ4v) is 2.47. The van der Waals surface area contributed by atoms with E-state index in [1.165, 1.54) is 26.4 Å². The molecule has 0 radical (unpaired) electrons. The van der Waals surface area contributed by atoms with E-state index in [9.17, 15) is 14.7 Å². The van der Waals surface area contributed by atoms with Crippen molar-refractivity contribution in [3.05, 3.63) is 47.5 Å². The Morgan fingerprint density at radius 2 is 1.82 bits per heavy atom. The molecule has 0 bridgehead atoms. The molecule has 2 aromatic carbocycles. The van der Waals surface area contributed by atoms with Gasteiger partial charge in [-0.05, 0) is 36.8 Å². The molecule has 1 amide bonds. The van der Waals surface area contributed by atoms with Crippen LogP contribution in [0.15, 0.2) is 36.4 Å². The summed E-state index contributed by atoms with van der Waals surface area (Å²) >= 11 is 0. The molecule has 150 valence electrons. The number of ether oxygens (including phenoxy) is 4. The van der Waals surface area contributed by atoms with Crippen LogP contribution in [0.25, 0.3) is 0 Å². The molecule has 1 unspecified atom stereocenters. The third kappa shape index (κ3) is 5.14. The Kier molecular flexibility index (Phi) is 7.22. The van der Waals surface area contributed by atoms with Gasteiger partial charge in [0.05, 0.1) is 39.2 Å². The minimum absolute atomic E-state index is 0.0436. The molecule has 2 rings (SSSR count). The zero-order valence-corrected chi connectivity index (χ0v) is 16.1. The van der Waals surface area contributed by atoms with Gasteiger partial charge < -0.3 is 29.4 Å². The summed E-state index contributed by atoms with van der Waals surface area (Å²) in [6.45, 7) is 1.81. The van der Waals surface area contributed by atoms with Gasteiger partial charge in [-0.25, -0.2) is 4.79 Å². The highest BCUT2D eigenvalue weighted by molar-refractivity contribution is 5.98. The first-order valence-corrected chi connectivity index (χ1v) is 8.44. The van der Waals surface area contributed by atoms with Crippen molar-refractivity contribution >= 4 is 17.6 Å². The monoisotopic (exact) mass is 389 g/mol. The van der Waals surface area contributed by atoms with Gasteiger partial charge in [-0.1, -0.05) is 12.1 Å². The van der Waals surface area contributed by atoms with Crippen LogP contribution in [0.5, 0.6) is 17.2 Å². The average Bonchev–Trinajstić information content (AvgIpc) is 2.71. The third-order valence-electron chi connectivity index (χ3n) is 3.99. The molecule has 0 fully saturated rings. The standard InChI is InChI=1S/C20H23NO7/c1-12(28-11-13-6-5-7-15(8-13)25-2)19(22)21-16-9-14(20(23)24)10-17(26-3)18(16)27-4/h5-10,12H,11H2,1-4H3,(H,21,22)(H,23,24). The van der Waals surface area contributed by atoms with Gasteiger partial charge in [0.2, 0.25) is 0 Å². The summed E-state index contributed by atoms with van der Waals surface area (Å²) in [6.07, 6.45) is -0.796. The highest BCUT2D eigenvalue weighted by atomic mass is 16.5. The van der Waals surface area contributed by atoms with Crippen molar-refractivity contribution in [2.24, 2.45) is 0 Å². The van der Waals surface area contributed by atoms with Crippen molar-refractivity contribution in [2.45, 2.75) is 19.6 Å². The largest absolute Gasteiger partial charge is 0.497 e. The molecule has 0 aliphatic rings. The Hall–Kier alpha value is -3.26. The van der Waals surface area contributed by atoms with Crippen molar-refractivity contribution in [1.29, 1.82) is 0 Å². The molecule has 8 nitrogen and oxygen atoms in total. The van der Waals surface area contributed by atoms with E-state index in [1.807, 2.05) is 24.3 Å². The summed E-state index contributed by atoms with van der Waals surface area (Å²) in [5, 5.41) is 11.9. The summed E-state index contributed by atoms with van der Waals surface area (Å²) in [6, 6.07) is 9.94. The van der Waals surface area contributed by atoms with Gasteiger partial charge in [0.25, 0.3) is 5.91 Å². The van der Waals surface area contributed by atoms with Gasteiger partial charge >= 0.3 is 5.97 Å². The van der Waals surface area contributed by atoms with Gasteiger partial charge in [-0.3, -0.25) is 4.79 Å². The van der Waals surface area contributed by atoms with Crippen LogP contribution in [-0.4, -0.2) is 44.4 Å². The minimum atomic E-state index is -1.15. The van der Waals surface area contributed by atoms with Gasteiger partial charge in [0, 0.05) is 0 Å². The highest BCUT2D eigenvalue weighted by Gasteiger charge is 2.20. The number of hydrogen-bond acceptors (Lipinski definition) is 6. The molecule has 0 aliphatic carbocycles. The van der Waals surface area contributed by atoms with E-state index in [0.717, 1.165) is 5.56 Å². The molecule has 0 aromatic heterocycles. The van der Waals surface area contributed by atoms with Crippen molar-refractivity contribution in [1.82, 2.24) is 0 Å². The number of anilines is 1. The number of carbonyl (C=O) groups is 2. The topological polar surface area (TPSA) is 103 Å². The normalized spacial score (nSPS) is 11.4. The lowest BCUT2D eigenvalue weighted by molar-refractivity contribution is -0.127. The van der Waals surface area contributed by atoms with E-state index < -0.39 is 18.0 Å². The van der Waals surface area contributed by atoms with Crippen LogP contribution in [0.1, 0.15) is 22.8 Å². The Morgan fingerprint density at radius 3 is 2.43 bits per heavy atom. The van der Waals surface area contributed by atoms with Crippen LogP contribution in [0.2, 0.25) is 0 Å². The predicted octanol–water partition coefficient (Wildman–Crippen LogP) is 2.95. The zero-order chi connectivity index (χ0) is 20.7. The van der Waals surface area contributed by atoms with Gasteiger partial charge in [-0.2, -0.15) is 0 Å². The van der Waals surface area contributed by atoms with Crippen LogP contribution in [-0.2, 0) is 16.1 Å². The van der Waals surface area contributed by atoms with Crippen LogP contribution in [0.4, 0.5) is 5.69 Å². The average molecular weight is 389 g/mol. The maximum Gasteiger partial charge on any atom is 0.335 e. The van der Waals surface area contributed by atoms with Crippen molar-refractivity contribution in [3.63, 3.8) is 0 Å². The van der Waals surface area contributed by atoms with Gasteiger partial charge in [-0.15, -0.1) is 0 Å². The molecule has 0 spiro atoms. The molecule has 2 N–H and O–H groups in total. The fraction of sp³-hybridized carbons (Fsp3) is 0.300. The zero-order valence-electron chi connectivity index (χ0n) is 16.1. The number of carboxylic acid groups (broad SMARTS) is 1. The summed E-state index contributed by atoms with van der Waals surface area (Å²) in [5.41, 5.74) is 0.991. The van der Waals surface area contributed by atoms with Crippen molar-refractivity contribution in [2.75, 3.05) is 26.6 Å². The third-order valence-corrected chi connectivity index (χ3v) is 3.99. The van der Waals surface area contributed by atoms with Gasteiger partial charge in [0.1, 0.15) is 11.9 Å². The van der Waals surface area contributed by atoms with E-state index in [4.69, 9.17) is 18.9 Å². The molecule has 0 aliphatic heterocycles. The summed E-state index contributed by atoms with van der Waals surface area (Å²) in [5.74, 6) is -0.492. The highest BCUT2D eigenvalue weighted by Crippen LogP contribution is 2.36. The molecule has 0 heterocycles. The number of benzene rings is 2. The van der Waals surface area contributed by atoms with Crippen molar-refractivity contribution in [3.8, 4) is 17.2 Å². The minimum Gasteiger partial charge on any atom is -0.497 e. The number of hydrogen-bond donors (Lipinski definition) is 2. The molecule has 28 heavy (non-hydrogen) atoms. The van der Waals surface area contributed by atoms with Crippen LogP contribution < -0.4 is 19.5 Å². The molecule has 1 atom stereocenters. The van der Waals surface area contributed by atoms with Crippen LogP contribution in [0.3, 0.4) is 0 Å². The van der Waals surface area contributed by atoms with Gasteiger partial charge in [0.15, 0.2) is 11.5 Å². The Morgan fingerprint density at radius 1 is 1.07 bits per heavy atom. The van der Waals surface area contributed by atoms with E-state index in [1.54, 1.807) is 14.0 Å².